The molecule has 0 aliphatic carbocycles. The Bertz CT molecular complexity index is 713. The van der Waals surface area contributed by atoms with Gasteiger partial charge in [-0.15, -0.1) is 0 Å². The highest BCUT2D eigenvalue weighted by molar-refractivity contribution is 6.07. The van der Waals surface area contributed by atoms with Gasteiger partial charge in [-0.05, 0) is 31.9 Å². The fourth-order valence-corrected chi connectivity index (χ4v) is 3.16. The van der Waals surface area contributed by atoms with Gasteiger partial charge in [-0.25, -0.2) is 9.79 Å². The average Bonchev–Trinajstić information content (AvgIpc) is 2.98. The van der Waals surface area contributed by atoms with Crippen LogP contribution in [0.1, 0.15) is 19.8 Å². The molecule has 3 rings (SSSR count). The molecule has 0 bridgehead atoms. The van der Waals surface area contributed by atoms with Crippen molar-refractivity contribution in [2.45, 2.75) is 31.4 Å². The zero-order valence-electron chi connectivity index (χ0n) is 15.9. The first-order valence-corrected chi connectivity index (χ1v) is 9.08. The summed E-state index contributed by atoms with van der Waals surface area (Å²) in [6, 6.07) is 3.47. The summed E-state index contributed by atoms with van der Waals surface area (Å²) in [5, 5.41) is 5.70. The first kappa shape index (κ1) is 18.9. The third-order valence-electron chi connectivity index (χ3n) is 4.78. The Morgan fingerprint density at radius 1 is 1.44 bits per heavy atom. The minimum atomic E-state index is -0.743. The molecule has 9 heteroatoms. The van der Waals surface area contributed by atoms with Crippen LogP contribution in [0.15, 0.2) is 29.5 Å². The first-order valence-electron chi connectivity index (χ1n) is 9.08. The molecule has 2 aliphatic rings. The van der Waals surface area contributed by atoms with Crippen molar-refractivity contribution < 1.29 is 14.3 Å². The predicted octanol–water partition coefficient (Wildman–Crippen LogP) is 0.441. The quantitative estimate of drug-likeness (QED) is 0.797. The largest absolute Gasteiger partial charge is 0.487 e. The van der Waals surface area contributed by atoms with E-state index in [-0.39, 0.29) is 18.0 Å². The summed E-state index contributed by atoms with van der Waals surface area (Å²) >= 11 is 0. The van der Waals surface area contributed by atoms with Crippen LogP contribution in [-0.2, 0) is 4.79 Å². The molecule has 1 atom stereocenters. The van der Waals surface area contributed by atoms with Gasteiger partial charge >= 0.3 is 6.03 Å². The number of pyridine rings is 1. The molecule has 1 aromatic rings. The highest BCUT2D eigenvalue weighted by Gasteiger charge is 2.46. The number of nitrogens with one attached hydrogen (secondary N) is 2. The number of ether oxygens (including phenoxy) is 1. The van der Waals surface area contributed by atoms with Gasteiger partial charge < -0.3 is 19.9 Å². The normalized spacial score (nSPS) is 19.3. The second-order valence-corrected chi connectivity index (χ2v) is 7.11. The fourth-order valence-electron chi connectivity index (χ4n) is 3.16. The monoisotopic (exact) mass is 374 g/mol. The van der Waals surface area contributed by atoms with Gasteiger partial charge in [-0.3, -0.25) is 15.1 Å². The summed E-state index contributed by atoms with van der Waals surface area (Å²) in [6.07, 6.45) is 4.18. The molecular formula is C18H26N6O3. The smallest absolute Gasteiger partial charge is 0.317 e. The van der Waals surface area contributed by atoms with Gasteiger partial charge in [0.2, 0.25) is 5.96 Å². The van der Waals surface area contributed by atoms with E-state index in [1.165, 1.54) is 0 Å². The van der Waals surface area contributed by atoms with Crippen LogP contribution in [0.4, 0.5) is 4.79 Å². The van der Waals surface area contributed by atoms with Crippen LogP contribution in [0.25, 0.3) is 0 Å². The van der Waals surface area contributed by atoms with Crippen molar-refractivity contribution in [3.8, 4) is 5.75 Å². The SMILES string of the molecule is C[C@@H](CNC(=O)N1CCC2(CC1)N=C(N(C)C)NC2=O)Oc1cccnc1. The molecule has 0 unspecified atom stereocenters. The van der Waals surface area contributed by atoms with Crippen LogP contribution in [0.5, 0.6) is 5.75 Å². The Kier molecular flexibility index (Phi) is 5.48. The molecule has 3 amide bonds. The lowest BCUT2D eigenvalue weighted by molar-refractivity contribution is -0.125. The van der Waals surface area contributed by atoms with E-state index in [9.17, 15) is 9.59 Å². The number of aromatic nitrogens is 1. The lowest BCUT2D eigenvalue weighted by atomic mass is 9.88. The van der Waals surface area contributed by atoms with Crippen molar-refractivity contribution in [3.05, 3.63) is 24.5 Å². The van der Waals surface area contributed by atoms with Gasteiger partial charge in [0.25, 0.3) is 5.91 Å². The standard InChI is InChI=1S/C18H26N6O3/c1-13(27-14-5-4-8-19-12-14)11-20-17(26)24-9-6-18(7-10-24)15(25)21-16(22-18)23(2)3/h4-5,8,12-13H,6-7,9-11H2,1-3H3,(H,20,26)(H,21,22,25)/t13-/m0/s1. The highest BCUT2D eigenvalue weighted by atomic mass is 16.5. The maximum atomic E-state index is 12.4. The van der Waals surface area contributed by atoms with Gasteiger partial charge in [0.05, 0.1) is 12.7 Å². The van der Waals surface area contributed by atoms with Crippen LogP contribution >= 0.6 is 0 Å². The highest BCUT2D eigenvalue weighted by Crippen LogP contribution is 2.30. The van der Waals surface area contributed by atoms with Crippen molar-refractivity contribution in [2.24, 2.45) is 4.99 Å². The molecule has 2 aliphatic heterocycles. The third-order valence-corrected chi connectivity index (χ3v) is 4.78. The van der Waals surface area contributed by atoms with Crippen molar-refractivity contribution in [1.82, 2.24) is 25.4 Å². The summed E-state index contributed by atoms with van der Waals surface area (Å²) in [5.74, 6) is 1.17. The van der Waals surface area contributed by atoms with Crippen molar-refractivity contribution in [3.63, 3.8) is 0 Å². The zero-order valence-corrected chi connectivity index (χ0v) is 15.9. The Hall–Kier alpha value is -2.84. The Morgan fingerprint density at radius 2 is 2.19 bits per heavy atom. The Morgan fingerprint density at radius 3 is 2.78 bits per heavy atom. The second kappa shape index (κ2) is 7.81. The molecule has 1 aromatic heterocycles. The molecule has 0 saturated carbocycles. The topological polar surface area (TPSA) is 99.2 Å². The third kappa shape index (κ3) is 4.29. The Labute approximate surface area is 158 Å². The molecule has 0 aromatic carbocycles. The van der Waals surface area contributed by atoms with E-state index in [2.05, 4.69) is 20.6 Å². The Balaban J connectivity index is 1.47. The lowest BCUT2D eigenvalue weighted by Gasteiger charge is -2.35. The molecule has 0 radical (unpaired) electrons. The van der Waals surface area contributed by atoms with Crippen LogP contribution in [0.2, 0.25) is 0 Å². The molecule has 146 valence electrons. The van der Waals surface area contributed by atoms with Crippen molar-refractivity contribution >= 4 is 17.9 Å². The average molecular weight is 374 g/mol. The predicted molar refractivity (Wildman–Crippen MR) is 101 cm³/mol. The number of hydrogen-bond acceptors (Lipinski definition) is 6. The molecule has 1 fully saturated rings. The van der Waals surface area contributed by atoms with E-state index < -0.39 is 5.54 Å². The molecule has 1 saturated heterocycles. The maximum Gasteiger partial charge on any atom is 0.317 e. The van der Waals surface area contributed by atoms with Gasteiger partial charge in [0.15, 0.2) is 0 Å². The van der Waals surface area contributed by atoms with E-state index in [1.807, 2.05) is 27.1 Å². The van der Waals surface area contributed by atoms with Gasteiger partial charge in [0, 0.05) is 33.4 Å². The fraction of sp³-hybridized carbons (Fsp3) is 0.556. The van der Waals surface area contributed by atoms with Crippen LogP contribution in [0, 0.1) is 0 Å². The minimum absolute atomic E-state index is 0.0789. The molecule has 2 N–H and O–H groups in total. The van der Waals surface area contributed by atoms with E-state index in [4.69, 9.17) is 4.74 Å². The zero-order chi connectivity index (χ0) is 19.4. The first-order chi connectivity index (χ1) is 12.9. The van der Waals surface area contributed by atoms with Crippen molar-refractivity contribution in [1.29, 1.82) is 0 Å². The van der Waals surface area contributed by atoms with Gasteiger partial charge in [-0.1, -0.05) is 0 Å². The van der Waals surface area contributed by atoms with E-state index in [1.54, 1.807) is 28.3 Å². The minimum Gasteiger partial charge on any atom is -0.487 e. The lowest BCUT2D eigenvalue weighted by Crippen LogP contribution is -2.53. The second-order valence-electron chi connectivity index (χ2n) is 7.11. The van der Waals surface area contributed by atoms with Gasteiger partial charge in [-0.2, -0.15) is 0 Å². The van der Waals surface area contributed by atoms with Crippen LogP contribution in [0.3, 0.4) is 0 Å². The molecule has 1 spiro atoms. The number of hydrogen-bond donors (Lipinski definition) is 2. The van der Waals surface area contributed by atoms with Crippen molar-refractivity contribution in [2.75, 3.05) is 33.7 Å². The number of nitrogens with zero attached hydrogens (tertiary/aromatic N) is 4. The number of aliphatic imine (C=N–C) groups is 1. The van der Waals surface area contributed by atoms with Crippen LogP contribution < -0.4 is 15.4 Å². The number of carbonyl (C=O) groups is 2. The molecule has 27 heavy (non-hydrogen) atoms. The number of piperidine rings is 1. The van der Waals surface area contributed by atoms with E-state index >= 15 is 0 Å². The van der Waals surface area contributed by atoms with Crippen LogP contribution in [-0.4, -0.2) is 78.1 Å². The summed E-state index contributed by atoms with van der Waals surface area (Å²) in [4.78, 5) is 36.8. The summed E-state index contributed by atoms with van der Waals surface area (Å²) in [6.45, 7) is 3.25. The summed E-state index contributed by atoms with van der Waals surface area (Å²) < 4.78 is 5.71. The summed E-state index contributed by atoms with van der Waals surface area (Å²) in [5.41, 5.74) is -0.743. The molecule has 9 nitrogen and oxygen atoms in total. The summed E-state index contributed by atoms with van der Waals surface area (Å²) in [7, 11) is 3.69. The maximum absolute atomic E-state index is 12.4. The van der Waals surface area contributed by atoms with Gasteiger partial charge in [0.1, 0.15) is 17.4 Å². The molecular weight excluding hydrogens is 348 g/mol. The number of urea groups is 1. The van der Waals surface area contributed by atoms with E-state index in [0.29, 0.717) is 44.2 Å². The molecule has 3 heterocycles. The number of carbonyl (C=O) groups excluding carboxylic acids is 2. The number of likely N-dealkylation sites (tertiary alicyclic amines) is 1. The number of rotatable bonds is 4. The van der Waals surface area contributed by atoms with E-state index in [0.717, 1.165) is 0 Å². The number of amides is 3. The number of guanidine groups is 1.